The Balaban J connectivity index is 0.000000173. The third-order valence-corrected chi connectivity index (χ3v) is 9.30. The predicted octanol–water partition coefficient (Wildman–Crippen LogP) is 4.45. The Bertz CT molecular complexity index is 2960. The highest BCUT2D eigenvalue weighted by molar-refractivity contribution is 5.92. The lowest BCUT2D eigenvalue weighted by Crippen LogP contribution is -2.30. The molecule has 1 aliphatic heterocycles. The van der Waals surface area contributed by atoms with E-state index in [2.05, 4.69) is 58.0 Å². The number of nitrogens with one attached hydrogen (secondary N) is 2. The number of benzene rings is 3. The summed E-state index contributed by atoms with van der Waals surface area (Å²) in [6.07, 6.45) is 14.9. The van der Waals surface area contributed by atoms with Crippen LogP contribution >= 0.6 is 0 Å². The SMILES string of the molecule is COC(=O)c1cn(-c2cccc(C#N)c2)cn1.COC(=O)c1cnc[nH]1.N#Cc1cccc(-n2cnc(C(=O)NC[C@H]3CCN(C#N)C3)c2)c1.N#Cc1cccc(-n2cnc(C(=O)O)c2)c1. The second-order valence-corrected chi connectivity index (χ2v) is 13.6. The first kappa shape index (κ1) is 47.2. The van der Waals surface area contributed by atoms with Gasteiger partial charge >= 0.3 is 17.9 Å². The first-order valence-electron chi connectivity index (χ1n) is 19.4. The van der Waals surface area contributed by atoms with E-state index in [9.17, 15) is 19.2 Å². The number of carboxylic acid groups (broad SMARTS) is 1. The minimum absolute atomic E-state index is 0.0256. The summed E-state index contributed by atoms with van der Waals surface area (Å²) in [5.74, 6) is -1.90. The lowest BCUT2D eigenvalue weighted by Gasteiger charge is -2.10. The normalized spacial score (nSPS) is 12.0. The average molecular weight is 887 g/mol. The highest BCUT2D eigenvalue weighted by Crippen LogP contribution is 2.16. The number of hydrogen-bond donors (Lipinski definition) is 3. The van der Waals surface area contributed by atoms with Crippen molar-refractivity contribution in [2.75, 3.05) is 33.9 Å². The van der Waals surface area contributed by atoms with E-state index < -0.39 is 17.9 Å². The molecule has 0 radical (unpaired) electrons. The van der Waals surface area contributed by atoms with E-state index in [4.69, 9.17) is 26.2 Å². The number of ether oxygens (including phenoxy) is 2. The van der Waals surface area contributed by atoms with Crippen LogP contribution in [0.3, 0.4) is 0 Å². The number of imidazole rings is 4. The van der Waals surface area contributed by atoms with Gasteiger partial charge in [0.2, 0.25) is 0 Å². The number of hydrogen-bond acceptors (Lipinski definition) is 15. The van der Waals surface area contributed by atoms with Gasteiger partial charge in [0.1, 0.15) is 30.4 Å². The van der Waals surface area contributed by atoms with Crippen molar-refractivity contribution in [3.8, 4) is 41.5 Å². The highest BCUT2D eigenvalue weighted by Gasteiger charge is 2.22. The number of carbonyl (C=O) groups excluding carboxylic acids is 3. The fraction of sp³-hybridized carbons (Fsp3) is 0.156. The number of aromatic carboxylic acids is 1. The number of carbonyl (C=O) groups is 4. The van der Waals surface area contributed by atoms with Crippen LogP contribution in [0.5, 0.6) is 0 Å². The molecule has 21 nitrogen and oxygen atoms in total. The summed E-state index contributed by atoms with van der Waals surface area (Å²) in [6, 6.07) is 27.1. The van der Waals surface area contributed by atoms with Gasteiger partial charge in [-0.1, -0.05) is 18.2 Å². The van der Waals surface area contributed by atoms with E-state index >= 15 is 0 Å². The zero-order chi connectivity index (χ0) is 47.4. The lowest BCUT2D eigenvalue weighted by atomic mass is 10.1. The van der Waals surface area contributed by atoms with E-state index in [-0.39, 0.29) is 17.3 Å². The number of H-pyrrole nitrogens is 1. The number of carboxylic acids is 1. The van der Waals surface area contributed by atoms with Crippen LogP contribution in [-0.4, -0.2) is 106 Å². The van der Waals surface area contributed by atoms with E-state index in [1.807, 2.05) is 18.2 Å². The van der Waals surface area contributed by atoms with Crippen molar-refractivity contribution in [1.82, 2.24) is 48.8 Å². The molecule has 66 heavy (non-hydrogen) atoms. The first-order chi connectivity index (χ1) is 32.0. The fourth-order valence-corrected chi connectivity index (χ4v) is 5.93. The van der Waals surface area contributed by atoms with E-state index in [0.717, 1.165) is 24.3 Å². The van der Waals surface area contributed by atoms with Crippen LogP contribution in [-0.2, 0) is 9.47 Å². The predicted molar refractivity (Wildman–Crippen MR) is 231 cm³/mol. The second-order valence-electron chi connectivity index (χ2n) is 13.6. The molecule has 1 atom stereocenters. The summed E-state index contributed by atoms with van der Waals surface area (Å²) < 4.78 is 13.9. The van der Waals surface area contributed by atoms with Crippen molar-refractivity contribution >= 4 is 23.8 Å². The minimum atomic E-state index is -1.07. The molecule has 330 valence electrons. The van der Waals surface area contributed by atoms with Gasteiger partial charge in [-0.05, 0) is 66.9 Å². The number of aromatic amines is 1. The topological polar surface area (TPSA) is 300 Å². The van der Waals surface area contributed by atoms with Gasteiger partial charge in [-0.2, -0.15) is 21.0 Å². The van der Waals surface area contributed by atoms with Crippen LogP contribution in [0.15, 0.2) is 123 Å². The maximum absolute atomic E-state index is 12.2. The summed E-state index contributed by atoms with van der Waals surface area (Å²) >= 11 is 0. The van der Waals surface area contributed by atoms with Crippen LogP contribution < -0.4 is 5.32 Å². The van der Waals surface area contributed by atoms with Gasteiger partial charge < -0.3 is 43.5 Å². The van der Waals surface area contributed by atoms with Crippen molar-refractivity contribution in [2.24, 2.45) is 5.92 Å². The van der Waals surface area contributed by atoms with Gasteiger partial charge in [-0.15, -0.1) is 0 Å². The third-order valence-electron chi connectivity index (χ3n) is 9.30. The fourth-order valence-electron chi connectivity index (χ4n) is 5.93. The third kappa shape index (κ3) is 13.1. The molecule has 1 amide bonds. The molecule has 0 aliphatic carbocycles. The maximum atomic E-state index is 12.2. The molecular weight excluding hydrogens is 849 g/mol. The molecule has 3 N–H and O–H groups in total. The number of nitrogens with zero attached hydrogens (tertiary/aromatic N) is 12. The number of nitriles is 4. The molecule has 21 heteroatoms. The van der Waals surface area contributed by atoms with Gasteiger partial charge in [0, 0.05) is 55.3 Å². The minimum Gasteiger partial charge on any atom is -0.476 e. The van der Waals surface area contributed by atoms with Gasteiger partial charge in [0.15, 0.2) is 17.6 Å². The molecule has 7 aromatic rings. The molecule has 0 bridgehead atoms. The van der Waals surface area contributed by atoms with Crippen molar-refractivity contribution < 1.29 is 33.8 Å². The van der Waals surface area contributed by atoms with Crippen LogP contribution in [0.2, 0.25) is 0 Å². The summed E-state index contributed by atoms with van der Waals surface area (Å²) in [4.78, 5) is 64.4. The molecule has 1 saturated heterocycles. The Kier molecular flexibility index (Phi) is 16.7. The zero-order valence-electron chi connectivity index (χ0n) is 35.2. The number of amides is 1. The number of rotatable bonds is 9. The molecule has 0 spiro atoms. The Labute approximate surface area is 376 Å². The zero-order valence-corrected chi connectivity index (χ0v) is 35.2. The highest BCUT2D eigenvalue weighted by atomic mass is 16.5. The molecule has 3 aromatic carbocycles. The van der Waals surface area contributed by atoms with Crippen LogP contribution in [0.25, 0.3) is 17.1 Å². The standard InChI is InChI=1S/C17H16N6O.C12H9N3O2.C11H7N3O2.C5H6N2O2/c18-7-13-2-1-3-15(6-13)23-10-16(21-12-23)17(24)20-8-14-4-5-22(9-14)11-19;1-17-12(16)11-7-15(8-14-11)10-4-2-3-9(5-10)6-13;12-5-8-2-1-3-9(4-8)14-6-10(11(15)16)13-7-14;1-9-5(8)4-2-6-3-7-4/h1-3,6,10,12,14H,4-5,8-9H2,(H,20,24);2-5,7-8H,1H3;1-4,6-7H,(H,15,16);2-3H,1H3,(H,6,7)/t14-;;;/m1.../s1. The summed E-state index contributed by atoms with van der Waals surface area (Å²) in [5, 5.41) is 46.9. The molecule has 8 rings (SSSR count). The molecule has 1 fully saturated rings. The summed E-state index contributed by atoms with van der Waals surface area (Å²) in [7, 11) is 2.63. The number of aromatic nitrogens is 8. The van der Waals surface area contributed by atoms with Crippen molar-refractivity contribution in [3.63, 3.8) is 0 Å². The molecule has 0 unspecified atom stereocenters. The second kappa shape index (κ2) is 23.4. The van der Waals surface area contributed by atoms with Crippen LogP contribution in [0.1, 0.15) is 65.1 Å². The molecule has 0 saturated carbocycles. The Morgan fingerprint density at radius 1 is 0.727 bits per heavy atom. The molecule has 4 aromatic heterocycles. The Morgan fingerprint density at radius 3 is 1.64 bits per heavy atom. The van der Waals surface area contributed by atoms with Gasteiger partial charge in [0.05, 0.1) is 61.6 Å². The van der Waals surface area contributed by atoms with Gasteiger partial charge in [-0.3, -0.25) is 4.79 Å². The Morgan fingerprint density at radius 2 is 1.21 bits per heavy atom. The smallest absolute Gasteiger partial charge is 0.358 e. The lowest BCUT2D eigenvalue weighted by molar-refractivity contribution is 0.0586. The molecule has 1 aliphatic rings. The van der Waals surface area contributed by atoms with Gasteiger partial charge in [0.25, 0.3) is 5.91 Å². The monoisotopic (exact) mass is 886 g/mol. The number of methoxy groups -OCH3 is 2. The summed E-state index contributed by atoms with van der Waals surface area (Å²) in [5.41, 5.74) is 4.78. The van der Waals surface area contributed by atoms with Gasteiger partial charge in [-0.25, -0.2) is 34.3 Å². The van der Waals surface area contributed by atoms with Crippen LogP contribution in [0.4, 0.5) is 0 Å². The summed E-state index contributed by atoms with van der Waals surface area (Å²) in [6.45, 7) is 1.97. The maximum Gasteiger partial charge on any atom is 0.358 e. The van der Waals surface area contributed by atoms with Crippen LogP contribution in [0, 0.1) is 51.4 Å². The van der Waals surface area contributed by atoms with E-state index in [1.54, 1.807) is 98.0 Å². The quantitative estimate of drug-likeness (QED) is 0.133. The number of esters is 2. The van der Waals surface area contributed by atoms with E-state index in [1.165, 1.54) is 45.6 Å². The van der Waals surface area contributed by atoms with Crippen molar-refractivity contribution in [3.05, 3.63) is 162 Å². The first-order valence-corrected chi connectivity index (χ1v) is 19.4. The Hall–Kier alpha value is -9.86. The number of likely N-dealkylation sites (tertiary alicyclic amines) is 1. The molecule has 5 heterocycles. The van der Waals surface area contributed by atoms with Crippen molar-refractivity contribution in [2.45, 2.75) is 6.42 Å². The van der Waals surface area contributed by atoms with Crippen molar-refractivity contribution in [1.29, 1.82) is 21.0 Å². The average Bonchev–Trinajstić information content (AvgIpc) is 4.23. The molecular formula is C45H38N14O7. The largest absolute Gasteiger partial charge is 0.476 e. The van der Waals surface area contributed by atoms with E-state index in [0.29, 0.717) is 52.8 Å².